The Kier molecular flexibility index (Phi) is 8.29. The molecular weight excluding hydrogens is 677 g/mol. The van der Waals surface area contributed by atoms with Crippen LogP contribution in [0.15, 0.2) is 175 Å². The van der Waals surface area contributed by atoms with Gasteiger partial charge in [0.05, 0.1) is 0 Å². The van der Waals surface area contributed by atoms with Crippen molar-refractivity contribution in [2.45, 2.75) is 76.5 Å². The highest BCUT2D eigenvalue weighted by atomic mass is 15.1. The van der Waals surface area contributed by atoms with E-state index in [1.807, 2.05) is 0 Å². The van der Waals surface area contributed by atoms with Gasteiger partial charge >= 0.3 is 0 Å². The predicted molar refractivity (Wildman–Crippen MR) is 237 cm³/mol. The monoisotopic (exact) mass is 726 g/mol. The average Bonchev–Trinajstić information content (AvgIpc) is 3.61. The minimum Gasteiger partial charge on any atom is -0.310 e. The molecule has 0 amide bonds. The van der Waals surface area contributed by atoms with Gasteiger partial charge in [-0.1, -0.05) is 124 Å². The van der Waals surface area contributed by atoms with E-state index >= 15 is 0 Å². The first-order valence-electron chi connectivity index (χ1n) is 20.6. The van der Waals surface area contributed by atoms with Crippen LogP contribution in [0.5, 0.6) is 0 Å². The summed E-state index contributed by atoms with van der Waals surface area (Å²) in [5.41, 5.74) is 19.9. The summed E-state index contributed by atoms with van der Waals surface area (Å²) < 4.78 is 0. The summed E-state index contributed by atoms with van der Waals surface area (Å²) >= 11 is 0. The molecule has 0 radical (unpaired) electrons. The number of nitrogens with zero attached hydrogens (tertiary/aromatic N) is 2. The van der Waals surface area contributed by atoms with E-state index in [1.165, 1.54) is 80.9 Å². The Labute approximate surface area is 333 Å². The lowest BCUT2D eigenvalue weighted by Crippen LogP contribution is -2.23. The van der Waals surface area contributed by atoms with Gasteiger partial charge in [0, 0.05) is 50.9 Å². The lowest BCUT2D eigenvalue weighted by atomic mass is 9.72. The molecule has 6 aromatic rings. The van der Waals surface area contributed by atoms with Crippen molar-refractivity contribution in [2.75, 3.05) is 9.80 Å². The number of hydrogen-bond donors (Lipinski definition) is 0. The highest BCUT2D eigenvalue weighted by molar-refractivity contribution is 5.92. The highest BCUT2D eigenvalue weighted by Crippen LogP contribution is 2.56. The van der Waals surface area contributed by atoms with Crippen molar-refractivity contribution in [1.29, 1.82) is 0 Å². The van der Waals surface area contributed by atoms with Crippen molar-refractivity contribution in [1.82, 2.24) is 0 Å². The second kappa shape index (κ2) is 13.4. The molecule has 0 fully saturated rings. The van der Waals surface area contributed by atoms with E-state index < -0.39 is 0 Å². The Hall–Kier alpha value is -5.86. The van der Waals surface area contributed by atoms with Crippen LogP contribution in [0.1, 0.15) is 88.0 Å². The molecule has 0 saturated heterocycles. The molecule has 56 heavy (non-hydrogen) atoms. The molecule has 4 aliphatic carbocycles. The van der Waals surface area contributed by atoms with Gasteiger partial charge in [-0.25, -0.2) is 0 Å². The molecule has 0 aromatic heterocycles. The number of para-hydroxylation sites is 2. The third-order valence-corrected chi connectivity index (χ3v) is 13.4. The predicted octanol–water partition coefficient (Wildman–Crippen LogP) is 15.2. The molecule has 0 spiro atoms. The van der Waals surface area contributed by atoms with Crippen molar-refractivity contribution >= 4 is 39.7 Å². The third kappa shape index (κ3) is 5.53. The minimum atomic E-state index is -0.0142. The second-order valence-corrected chi connectivity index (χ2v) is 17.0. The van der Waals surface area contributed by atoms with E-state index in [2.05, 4.69) is 201 Å². The molecule has 4 aliphatic rings. The van der Waals surface area contributed by atoms with Gasteiger partial charge < -0.3 is 9.80 Å². The fourth-order valence-electron chi connectivity index (χ4n) is 10.5. The Bertz CT molecular complexity index is 2540. The Morgan fingerprint density at radius 2 is 1.04 bits per heavy atom. The van der Waals surface area contributed by atoms with E-state index in [0.29, 0.717) is 5.92 Å². The fourth-order valence-corrected chi connectivity index (χ4v) is 10.5. The average molecular weight is 727 g/mol. The molecule has 2 nitrogen and oxygen atoms in total. The van der Waals surface area contributed by atoms with Gasteiger partial charge in [0.1, 0.15) is 0 Å². The van der Waals surface area contributed by atoms with Crippen molar-refractivity contribution in [3.8, 4) is 11.1 Å². The van der Waals surface area contributed by atoms with Gasteiger partial charge in [-0.05, 0) is 149 Å². The second-order valence-electron chi connectivity index (χ2n) is 17.0. The fraction of sp³-hybridized carbons (Fsp3) is 0.222. The summed E-state index contributed by atoms with van der Waals surface area (Å²) in [4.78, 5) is 4.81. The van der Waals surface area contributed by atoms with Crippen LogP contribution in [-0.2, 0) is 10.8 Å². The van der Waals surface area contributed by atoms with Crippen LogP contribution in [0.4, 0.5) is 34.1 Å². The van der Waals surface area contributed by atoms with Crippen LogP contribution in [0.2, 0.25) is 0 Å². The molecule has 2 heteroatoms. The number of anilines is 6. The molecule has 0 heterocycles. The van der Waals surface area contributed by atoms with E-state index in [4.69, 9.17) is 0 Å². The van der Waals surface area contributed by atoms with Gasteiger partial charge in [0.2, 0.25) is 0 Å². The van der Waals surface area contributed by atoms with Crippen LogP contribution in [0, 0.1) is 0 Å². The topological polar surface area (TPSA) is 6.48 Å². The summed E-state index contributed by atoms with van der Waals surface area (Å²) in [5, 5.41) is 0. The van der Waals surface area contributed by atoms with Gasteiger partial charge in [0.25, 0.3) is 0 Å². The normalized spacial score (nSPS) is 20.1. The van der Waals surface area contributed by atoms with Gasteiger partial charge in [-0.2, -0.15) is 0 Å². The van der Waals surface area contributed by atoms with Crippen molar-refractivity contribution < 1.29 is 0 Å². The first-order valence-corrected chi connectivity index (χ1v) is 20.6. The maximum Gasteiger partial charge on any atom is 0.0465 e. The van der Waals surface area contributed by atoms with Crippen molar-refractivity contribution in [3.63, 3.8) is 0 Å². The molecule has 10 rings (SSSR count). The maximum atomic E-state index is 2.53. The summed E-state index contributed by atoms with van der Waals surface area (Å²) in [7, 11) is 0. The molecule has 6 aromatic carbocycles. The van der Waals surface area contributed by atoms with E-state index in [1.54, 1.807) is 5.57 Å². The summed E-state index contributed by atoms with van der Waals surface area (Å²) in [6, 6.07) is 54.1. The standard InChI is InChI=1S/C54H50N2/c1-37-48-35-44(31-33-51(48)54(4)34-14-13-20-49(37)54)55(40-15-7-5-8-16-40)42-26-22-38(23-27-42)39-24-28-43(29-25-39)56(41-17-9-6-10-18-41)45-30-32-47-46-19-11-12-21-50(46)53(2,3)52(47)36-45/h5-10,15-33,35-37H,11-14,34H2,1-4H3. The Morgan fingerprint density at radius 3 is 1.66 bits per heavy atom. The van der Waals surface area contributed by atoms with Crippen LogP contribution in [-0.4, -0.2) is 0 Å². The SMILES string of the molecule is CC1C2=CCCCC2(C)c2ccc(N(c3ccccc3)c3ccc(-c4ccc(N(c5ccccc5)c5ccc6c(c5)C(C)(C)C5=CCCC=C56)cc4)cc3)cc21. The number of rotatable bonds is 7. The highest BCUT2D eigenvalue weighted by Gasteiger charge is 2.44. The number of fused-ring (bicyclic) bond motifs is 6. The summed E-state index contributed by atoms with van der Waals surface area (Å²) in [5.74, 6) is 0.449. The van der Waals surface area contributed by atoms with Crippen LogP contribution in [0.25, 0.3) is 16.7 Å². The number of allylic oxidation sites excluding steroid dienone is 6. The van der Waals surface area contributed by atoms with Crippen LogP contribution in [0.3, 0.4) is 0 Å². The third-order valence-electron chi connectivity index (χ3n) is 13.4. The molecule has 276 valence electrons. The molecule has 0 aliphatic heterocycles. The molecule has 0 saturated carbocycles. The van der Waals surface area contributed by atoms with Gasteiger partial charge in [0.15, 0.2) is 0 Å². The zero-order valence-corrected chi connectivity index (χ0v) is 33.1. The molecule has 2 atom stereocenters. The minimum absolute atomic E-state index is 0.0142. The van der Waals surface area contributed by atoms with E-state index in [-0.39, 0.29) is 10.8 Å². The quantitative estimate of drug-likeness (QED) is 0.151. The van der Waals surface area contributed by atoms with Crippen LogP contribution < -0.4 is 9.80 Å². The smallest absolute Gasteiger partial charge is 0.0465 e. The molecule has 0 N–H and O–H groups in total. The lowest BCUT2D eigenvalue weighted by molar-refractivity contribution is 0.468. The zero-order chi connectivity index (χ0) is 38.0. The van der Waals surface area contributed by atoms with Crippen molar-refractivity contribution in [2.24, 2.45) is 0 Å². The molecule has 0 bridgehead atoms. The molecular formula is C54H50N2. The van der Waals surface area contributed by atoms with Crippen molar-refractivity contribution in [3.05, 3.63) is 197 Å². The van der Waals surface area contributed by atoms with E-state index in [0.717, 1.165) is 29.9 Å². The Balaban J connectivity index is 0.977. The van der Waals surface area contributed by atoms with Crippen LogP contribution >= 0.6 is 0 Å². The van der Waals surface area contributed by atoms with Gasteiger partial charge in [-0.15, -0.1) is 0 Å². The number of hydrogen-bond acceptors (Lipinski definition) is 2. The summed E-state index contributed by atoms with van der Waals surface area (Å²) in [6.45, 7) is 9.64. The maximum absolute atomic E-state index is 2.53. The Morgan fingerprint density at radius 1 is 0.500 bits per heavy atom. The first-order chi connectivity index (χ1) is 27.3. The lowest BCUT2D eigenvalue weighted by Gasteiger charge is -2.32. The van der Waals surface area contributed by atoms with Gasteiger partial charge in [-0.3, -0.25) is 0 Å². The largest absolute Gasteiger partial charge is 0.310 e. The molecule has 2 unspecified atom stereocenters. The zero-order valence-electron chi connectivity index (χ0n) is 33.1. The number of benzene rings is 6. The van der Waals surface area contributed by atoms with E-state index in [9.17, 15) is 0 Å². The first kappa shape index (κ1) is 34.6. The summed E-state index contributed by atoms with van der Waals surface area (Å²) in [6.07, 6.45) is 13.4.